The molecule has 1 aromatic heterocycles. The Balaban J connectivity index is 1.90. The first kappa shape index (κ1) is 14.1. The lowest BCUT2D eigenvalue weighted by molar-refractivity contribution is 0.0466. The van der Waals surface area contributed by atoms with Crippen LogP contribution in [0.2, 0.25) is 0 Å². The Morgan fingerprint density at radius 3 is 2.75 bits per heavy atom. The van der Waals surface area contributed by atoms with Gasteiger partial charge in [-0.05, 0) is 17.7 Å². The van der Waals surface area contributed by atoms with E-state index in [9.17, 15) is 4.79 Å². The number of methoxy groups -OCH3 is 1. The molecule has 6 nitrogen and oxygen atoms in total. The highest BCUT2D eigenvalue weighted by Crippen LogP contribution is 2.12. The van der Waals surface area contributed by atoms with Crippen molar-refractivity contribution < 1.29 is 14.3 Å². The van der Waals surface area contributed by atoms with Gasteiger partial charge in [0.1, 0.15) is 12.4 Å². The van der Waals surface area contributed by atoms with E-state index in [0.717, 1.165) is 11.3 Å². The first-order valence-corrected chi connectivity index (χ1v) is 6.25. The van der Waals surface area contributed by atoms with Crippen molar-refractivity contribution in [2.75, 3.05) is 13.7 Å². The Bertz CT molecular complexity index is 563. The van der Waals surface area contributed by atoms with Crippen molar-refractivity contribution >= 4 is 5.97 Å². The molecule has 0 fully saturated rings. The van der Waals surface area contributed by atoms with E-state index in [0.29, 0.717) is 13.1 Å². The van der Waals surface area contributed by atoms with Gasteiger partial charge < -0.3 is 19.8 Å². The lowest BCUT2D eigenvalue weighted by Gasteiger charge is -2.04. The SMILES string of the molecule is COc1ccc(COC(=O)c2cn(CCN)cn2)cc1. The first-order valence-electron chi connectivity index (χ1n) is 6.25. The Morgan fingerprint density at radius 2 is 2.10 bits per heavy atom. The molecule has 0 saturated heterocycles. The minimum Gasteiger partial charge on any atom is -0.497 e. The highest BCUT2D eigenvalue weighted by molar-refractivity contribution is 5.86. The summed E-state index contributed by atoms with van der Waals surface area (Å²) in [4.78, 5) is 15.8. The van der Waals surface area contributed by atoms with Crippen molar-refractivity contribution in [2.24, 2.45) is 5.73 Å². The third kappa shape index (κ3) is 3.58. The minimum atomic E-state index is -0.448. The van der Waals surface area contributed by atoms with Crippen LogP contribution in [-0.4, -0.2) is 29.2 Å². The van der Waals surface area contributed by atoms with Gasteiger partial charge in [-0.1, -0.05) is 12.1 Å². The standard InChI is InChI=1S/C14H17N3O3/c1-19-12-4-2-11(3-5-12)9-20-14(18)13-8-17(7-6-15)10-16-13/h2-5,8,10H,6-7,9,15H2,1H3. The van der Waals surface area contributed by atoms with E-state index >= 15 is 0 Å². The molecule has 0 amide bonds. The molecule has 0 atom stereocenters. The minimum absolute atomic E-state index is 0.201. The van der Waals surface area contributed by atoms with Gasteiger partial charge >= 0.3 is 5.97 Å². The Hall–Kier alpha value is -2.34. The van der Waals surface area contributed by atoms with E-state index in [1.807, 2.05) is 24.3 Å². The maximum atomic E-state index is 11.8. The topological polar surface area (TPSA) is 79.4 Å². The quantitative estimate of drug-likeness (QED) is 0.801. The van der Waals surface area contributed by atoms with E-state index in [1.165, 1.54) is 0 Å². The smallest absolute Gasteiger partial charge is 0.358 e. The van der Waals surface area contributed by atoms with E-state index in [4.69, 9.17) is 15.2 Å². The van der Waals surface area contributed by atoms with Gasteiger partial charge in [-0.2, -0.15) is 0 Å². The van der Waals surface area contributed by atoms with Gasteiger partial charge in [-0.3, -0.25) is 0 Å². The first-order chi connectivity index (χ1) is 9.72. The largest absolute Gasteiger partial charge is 0.497 e. The van der Waals surface area contributed by atoms with Gasteiger partial charge in [0.15, 0.2) is 5.69 Å². The predicted molar refractivity (Wildman–Crippen MR) is 73.4 cm³/mol. The maximum Gasteiger partial charge on any atom is 0.358 e. The van der Waals surface area contributed by atoms with Crippen LogP contribution in [0, 0.1) is 0 Å². The Morgan fingerprint density at radius 1 is 1.35 bits per heavy atom. The van der Waals surface area contributed by atoms with Crippen LogP contribution in [0.25, 0.3) is 0 Å². The van der Waals surface area contributed by atoms with Gasteiger partial charge in [0.25, 0.3) is 0 Å². The summed E-state index contributed by atoms with van der Waals surface area (Å²) in [5.74, 6) is 0.317. The lowest BCUT2D eigenvalue weighted by Crippen LogP contribution is -2.08. The number of rotatable bonds is 6. The zero-order chi connectivity index (χ0) is 14.4. The highest BCUT2D eigenvalue weighted by atomic mass is 16.5. The summed E-state index contributed by atoms with van der Waals surface area (Å²) >= 11 is 0. The molecule has 2 N–H and O–H groups in total. The molecular formula is C14H17N3O3. The average Bonchev–Trinajstić information content (AvgIpc) is 2.94. The number of nitrogens with zero attached hydrogens (tertiary/aromatic N) is 2. The monoisotopic (exact) mass is 275 g/mol. The summed E-state index contributed by atoms with van der Waals surface area (Å²) in [5.41, 5.74) is 6.60. The summed E-state index contributed by atoms with van der Waals surface area (Å²) in [6.45, 7) is 1.32. The van der Waals surface area contributed by atoms with Crippen LogP contribution in [0.4, 0.5) is 0 Å². The van der Waals surface area contributed by atoms with E-state index < -0.39 is 5.97 Å². The molecule has 0 saturated carbocycles. The fourth-order valence-corrected chi connectivity index (χ4v) is 1.68. The molecule has 20 heavy (non-hydrogen) atoms. The van der Waals surface area contributed by atoms with Crippen LogP contribution in [0.1, 0.15) is 16.1 Å². The zero-order valence-electron chi connectivity index (χ0n) is 11.3. The van der Waals surface area contributed by atoms with Crippen molar-refractivity contribution in [1.29, 1.82) is 0 Å². The number of carbonyl (C=O) groups excluding carboxylic acids is 1. The summed E-state index contributed by atoms with van der Waals surface area (Å²) in [7, 11) is 1.60. The fourth-order valence-electron chi connectivity index (χ4n) is 1.68. The van der Waals surface area contributed by atoms with Crippen LogP contribution >= 0.6 is 0 Å². The molecular weight excluding hydrogens is 258 g/mol. The van der Waals surface area contributed by atoms with E-state index in [1.54, 1.807) is 24.2 Å². The van der Waals surface area contributed by atoms with Crippen LogP contribution < -0.4 is 10.5 Å². The molecule has 1 heterocycles. The maximum absolute atomic E-state index is 11.8. The van der Waals surface area contributed by atoms with Gasteiger partial charge in [-0.25, -0.2) is 9.78 Å². The fraction of sp³-hybridized carbons (Fsp3) is 0.286. The Kier molecular flexibility index (Phi) is 4.73. The van der Waals surface area contributed by atoms with Crippen molar-refractivity contribution in [3.63, 3.8) is 0 Å². The number of carbonyl (C=O) groups is 1. The normalized spacial score (nSPS) is 10.3. The van der Waals surface area contributed by atoms with Crippen LogP contribution in [0.5, 0.6) is 5.75 Å². The average molecular weight is 275 g/mol. The third-order valence-electron chi connectivity index (χ3n) is 2.76. The number of imidazole rings is 1. The lowest BCUT2D eigenvalue weighted by atomic mass is 10.2. The van der Waals surface area contributed by atoms with Crippen molar-refractivity contribution in [3.05, 3.63) is 48.0 Å². The molecule has 6 heteroatoms. The summed E-state index contributed by atoms with van der Waals surface area (Å²) in [6, 6.07) is 7.33. The predicted octanol–water partition coefficient (Wildman–Crippen LogP) is 1.21. The van der Waals surface area contributed by atoms with E-state index in [2.05, 4.69) is 4.98 Å². The molecule has 1 aromatic carbocycles. The summed E-state index contributed by atoms with van der Waals surface area (Å²) < 4.78 is 12.0. The number of nitrogens with two attached hydrogens (primary N) is 1. The van der Waals surface area contributed by atoms with Gasteiger partial charge in [0.2, 0.25) is 0 Å². The molecule has 0 unspecified atom stereocenters. The van der Waals surface area contributed by atoms with Crippen molar-refractivity contribution in [2.45, 2.75) is 13.2 Å². The second-order valence-corrected chi connectivity index (χ2v) is 4.21. The molecule has 0 radical (unpaired) electrons. The summed E-state index contributed by atoms with van der Waals surface area (Å²) in [5, 5.41) is 0. The molecule has 0 aliphatic carbocycles. The van der Waals surface area contributed by atoms with Crippen molar-refractivity contribution in [3.8, 4) is 5.75 Å². The van der Waals surface area contributed by atoms with Crippen LogP contribution in [0.3, 0.4) is 0 Å². The van der Waals surface area contributed by atoms with Crippen LogP contribution in [0.15, 0.2) is 36.8 Å². The van der Waals surface area contributed by atoms with Gasteiger partial charge in [0, 0.05) is 19.3 Å². The number of hydrogen-bond acceptors (Lipinski definition) is 5. The van der Waals surface area contributed by atoms with Crippen LogP contribution in [-0.2, 0) is 17.9 Å². The second-order valence-electron chi connectivity index (χ2n) is 4.21. The molecule has 106 valence electrons. The molecule has 0 bridgehead atoms. The zero-order valence-corrected chi connectivity index (χ0v) is 11.3. The number of hydrogen-bond donors (Lipinski definition) is 1. The van der Waals surface area contributed by atoms with E-state index in [-0.39, 0.29) is 12.3 Å². The summed E-state index contributed by atoms with van der Waals surface area (Å²) in [6.07, 6.45) is 3.19. The molecule has 0 spiro atoms. The number of ether oxygens (including phenoxy) is 2. The molecule has 0 aliphatic heterocycles. The Labute approximate surface area is 117 Å². The number of benzene rings is 1. The number of aromatic nitrogens is 2. The van der Waals surface area contributed by atoms with Gasteiger partial charge in [-0.15, -0.1) is 0 Å². The van der Waals surface area contributed by atoms with Gasteiger partial charge in [0.05, 0.1) is 13.4 Å². The number of esters is 1. The second kappa shape index (κ2) is 6.72. The molecule has 2 rings (SSSR count). The highest BCUT2D eigenvalue weighted by Gasteiger charge is 2.10. The molecule has 0 aliphatic rings. The molecule has 2 aromatic rings. The van der Waals surface area contributed by atoms with Crippen molar-refractivity contribution in [1.82, 2.24) is 9.55 Å². The third-order valence-corrected chi connectivity index (χ3v) is 2.76.